The topological polar surface area (TPSA) is 101 Å². The van der Waals surface area contributed by atoms with Crippen LogP contribution in [-0.2, 0) is 10.0 Å². The van der Waals surface area contributed by atoms with Crippen LogP contribution in [0.15, 0.2) is 53.4 Å². The molecule has 138 valence electrons. The summed E-state index contributed by atoms with van der Waals surface area (Å²) in [7, 11) is -4.02. The van der Waals surface area contributed by atoms with Crippen LogP contribution in [0.1, 0.15) is 23.2 Å². The van der Waals surface area contributed by atoms with Gasteiger partial charge < -0.3 is 11.1 Å². The predicted molar refractivity (Wildman–Crippen MR) is 96.7 cm³/mol. The highest BCUT2D eigenvalue weighted by molar-refractivity contribution is 7.92. The van der Waals surface area contributed by atoms with Crippen LogP contribution < -0.4 is 15.8 Å². The van der Waals surface area contributed by atoms with Gasteiger partial charge in [0.05, 0.1) is 10.6 Å². The number of amides is 1. The summed E-state index contributed by atoms with van der Waals surface area (Å²) in [6.45, 7) is 0.337. The maximum Gasteiger partial charge on any atom is 0.262 e. The molecule has 1 unspecified atom stereocenters. The van der Waals surface area contributed by atoms with Gasteiger partial charge in [-0.05, 0) is 49.1 Å². The number of para-hydroxylation sites is 1. The van der Waals surface area contributed by atoms with Crippen molar-refractivity contribution in [3.05, 3.63) is 59.9 Å². The van der Waals surface area contributed by atoms with Crippen LogP contribution >= 0.6 is 0 Å². The molecule has 1 aliphatic carbocycles. The van der Waals surface area contributed by atoms with E-state index in [1.54, 1.807) is 0 Å². The molecule has 1 atom stereocenters. The third-order valence-electron chi connectivity index (χ3n) is 4.29. The average Bonchev–Trinajstić information content (AvgIpc) is 3.46. The first kappa shape index (κ1) is 18.3. The Morgan fingerprint density at radius 1 is 1.19 bits per heavy atom. The maximum atomic E-state index is 13.7. The Balaban J connectivity index is 1.79. The molecule has 2 aromatic rings. The average molecular weight is 377 g/mol. The number of sulfonamides is 1. The third kappa shape index (κ3) is 4.20. The molecule has 2 aromatic carbocycles. The van der Waals surface area contributed by atoms with E-state index in [0.717, 1.165) is 18.9 Å². The van der Waals surface area contributed by atoms with Gasteiger partial charge in [-0.1, -0.05) is 18.2 Å². The Hall–Kier alpha value is -2.45. The number of hydrogen-bond donors (Lipinski definition) is 3. The maximum absolute atomic E-state index is 13.7. The summed E-state index contributed by atoms with van der Waals surface area (Å²) in [5, 5.41) is 2.84. The summed E-state index contributed by atoms with van der Waals surface area (Å²) in [5.41, 5.74) is 5.74. The lowest BCUT2D eigenvalue weighted by atomic mass is 10.1. The van der Waals surface area contributed by atoms with E-state index in [1.807, 2.05) is 0 Å². The number of halogens is 1. The molecule has 6 nitrogen and oxygen atoms in total. The highest BCUT2D eigenvalue weighted by Gasteiger charge is 2.31. The van der Waals surface area contributed by atoms with E-state index in [9.17, 15) is 17.6 Å². The quantitative estimate of drug-likeness (QED) is 0.688. The van der Waals surface area contributed by atoms with Crippen molar-refractivity contribution in [1.82, 2.24) is 5.32 Å². The van der Waals surface area contributed by atoms with Crippen molar-refractivity contribution in [2.45, 2.75) is 23.8 Å². The van der Waals surface area contributed by atoms with E-state index in [4.69, 9.17) is 5.73 Å². The fraction of sp³-hybridized carbons (Fsp3) is 0.278. The lowest BCUT2D eigenvalue weighted by Crippen LogP contribution is -2.41. The number of rotatable bonds is 7. The first-order valence-electron chi connectivity index (χ1n) is 8.29. The highest BCUT2D eigenvalue weighted by atomic mass is 32.2. The molecule has 4 N–H and O–H groups in total. The number of hydrogen-bond acceptors (Lipinski definition) is 4. The molecule has 3 rings (SSSR count). The highest BCUT2D eigenvalue weighted by Crippen LogP contribution is 2.32. The van der Waals surface area contributed by atoms with Crippen molar-refractivity contribution in [3.8, 4) is 0 Å². The van der Waals surface area contributed by atoms with Crippen molar-refractivity contribution in [2.75, 3.05) is 11.3 Å². The SMILES string of the molecule is NCC(NC(=O)c1cccc(S(=O)(=O)Nc2ccccc2F)c1)C1CC1. The van der Waals surface area contributed by atoms with Crippen molar-refractivity contribution in [3.63, 3.8) is 0 Å². The van der Waals surface area contributed by atoms with Crippen molar-refractivity contribution in [1.29, 1.82) is 0 Å². The van der Waals surface area contributed by atoms with Crippen LogP contribution in [0.3, 0.4) is 0 Å². The van der Waals surface area contributed by atoms with Crippen molar-refractivity contribution >= 4 is 21.6 Å². The normalized spacial score (nSPS) is 15.3. The van der Waals surface area contributed by atoms with E-state index >= 15 is 0 Å². The smallest absolute Gasteiger partial charge is 0.262 e. The van der Waals surface area contributed by atoms with Crippen LogP contribution in [0, 0.1) is 11.7 Å². The summed E-state index contributed by atoms with van der Waals surface area (Å²) in [4.78, 5) is 12.3. The van der Waals surface area contributed by atoms with Crippen LogP contribution in [0.2, 0.25) is 0 Å². The number of benzene rings is 2. The third-order valence-corrected chi connectivity index (χ3v) is 5.65. The van der Waals surface area contributed by atoms with Crippen molar-refractivity contribution < 1.29 is 17.6 Å². The predicted octanol–water partition coefficient (Wildman–Crippen LogP) is 2.09. The fourth-order valence-electron chi connectivity index (χ4n) is 2.67. The minimum atomic E-state index is -4.02. The van der Waals surface area contributed by atoms with E-state index in [-0.39, 0.29) is 28.1 Å². The summed E-state index contributed by atoms with van der Waals surface area (Å²) < 4.78 is 40.9. The summed E-state index contributed by atoms with van der Waals surface area (Å²) in [6.07, 6.45) is 2.06. The van der Waals surface area contributed by atoms with Gasteiger partial charge in [0.15, 0.2) is 0 Å². The molecule has 1 amide bonds. The van der Waals surface area contributed by atoms with Gasteiger partial charge in [-0.15, -0.1) is 0 Å². The summed E-state index contributed by atoms with van der Waals surface area (Å²) in [5.74, 6) is -0.672. The van der Waals surface area contributed by atoms with Gasteiger partial charge in [-0.25, -0.2) is 12.8 Å². The van der Waals surface area contributed by atoms with Crippen LogP contribution in [0.25, 0.3) is 0 Å². The van der Waals surface area contributed by atoms with E-state index in [0.29, 0.717) is 12.5 Å². The van der Waals surface area contributed by atoms with Gasteiger partial charge in [-0.2, -0.15) is 0 Å². The first-order chi connectivity index (χ1) is 12.4. The van der Waals surface area contributed by atoms with Gasteiger partial charge >= 0.3 is 0 Å². The lowest BCUT2D eigenvalue weighted by Gasteiger charge is -2.16. The molecule has 0 heterocycles. The molecule has 1 saturated carbocycles. The number of nitrogens with two attached hydrogens (primary N) is 1. The van der Waals surface area contributed by atoms with Crippen LogP contribution in [0.4, 0.5) is 10.1 Å². The number of carbonyl (C=O) groups excluding carboxylic acids is 1. The fourth-order valence-corrected chi connectivity index (χ4v) is 3.78. The van der Waals surface area contributed by atoms with Gasteiger partial charge in [0.1, 0.15) is 5.82 Å². The second-order valence-corrected chi connectivity index (χ2v) is 7.95. The van der Waals surface area contributed by atoms with Gasteiger partial charge in [0.2, 0.25) is 0 Å². The molecule has 0 radical (unpaired) electrons. The Morgan fingerprint density at radius 3 is 2.58 bits per heavy atom. The Kier molecular flexibility index (Phi) is 5.24. The summed E-state index contributed by atoms with van der Waals surface area (Å²) in [6, 6.07) is 11.0. The molecule has 1 aliphatic rings. The minimum absolute atomic E-state index is 0.112. The molecule has 0 aliphatic heterocycles. The van der Waals surface area contributed by atoms with Crippen LogP contribution in [0.5, 0.6) is 0 Å². The first-order valence-corrected chi connectivity index (χ1v) is 9.77. The van der Waals surface area contributed by atoms with Crippen molar-refractivity contribution in [2.24, 2.45) is 11.7 Å². The molecule has 1 fully saturated rings. The Bertz CT molecular complexity index is 913. The van der Waals surface area contributed by atoms with E-state index in [1.165, 1.54) is 42.5 Å². The molecule has 0 saturated heterocycles. The van der Waals surface area contributed by atoms with Gasteiger partial charge in [0, 0.05) is 18.2 Å². The van der Waals surface area contributed by atoms with Gasteiger partial charge in [-0.3, -0.25) is 9.52 Å². The van der Waals surface area contributed by atoms with Crippen LogP contribution in [-0.4, -0.2) is 26.9 Å². The molecule has 26 heavy (non-hydrogen) atoms. The minimum Gasteiger partial charge on any atom is -0.348 e. The zero-order valence-electron chi connectivity index (χ0n) is 14.0. The Labute approximate surface area is 151 Å². The number of nitrogens with one attached hydrogen (secondary N) is 2. The molecular formula is C18H20FN3O3S. The molecule has 8 heteroatoms. The standard InChI is InChI=1S/C18H20FN3O3S/c19-15-6-1-2-7-16(15)22-26(24,25)14-5-3-4-13(10-14)18(23)21-17(11-20)12-8-9-12/h1-7,10,12,17,22H,8-9,11,20H2,(H,21,23). The zero-order valence-corrected chi connectivity index (χ0v) is 14.8. The molecule has 0 bridgehead atoms. The monoisotopic (exact) mass is 377 g/mol. The molecular weight excluding hydrogens is 357 g/mol. The molecule has 0 spiro atoms. The number of anilines is 1. The second-order valence-electron chi connectivity index (χ2n) is 6.27. The van der Waals surface area contributed by atoms with E-state index in [2.05, 4.69) is 10.0 Å². The molecule has 0 aromatic heterocycles. The number of carbonyl (C=O) groups is 1. The van der Waals surface area contributed by atoms with Gasteiger partial charge in [0.25, 0.3) is 15.9 Å². The Morgan fingerprint density at radius 2 is 1.92 bits per heavy atom. The zero-order chi connectivity index (χ0) is 18.7. The lowest BCUT2D eigenvalue weighted by molar-refractivity contribution is 0.0933. The second kappa shape index (κ2) is 7.43. The summed E-state index contributed by atoms with van der Waals surface area (Å²) >= 11 is 0. The largest absolute Gasteiger partial charge is 0.348 e. The van der Waals surface area contributed by atoms with E-state index < -0.39 is 15.8 Å².